The summed E-state index contributed by atoms with van der Waals surface area (Å²) in [5.41, 5.74) is 3.43. The van der Waals surface area contributed by atoms with Crippen molar-refractivity contribution >= 4 is 15.7 Å². The lowest BCUT2D eigenvalue weighted by Gasteiger charge is -2.35. The minimum Gasteiger partial charge on any atom is -0.348 e. The summed E-state index contributed by atoms with van der Waals surface area (Å²) >= 11 is 0. The summed E-state index contributed by atoms with van der Waals surface area (Å²) in [6.07, 6.45) is 2.50. The lowest BCUT2D eigenvalue weighted by atomic mass is 9.91. The molecule has 1 heterocycles. The standard InChI is InChI=1S/C24H32N2O3S/c1-18-11-19(2)15-26(14-18)16-21-9-7-20(8-10-21)13-25-24(27)23-6-4-5-22(12-23)17-30(3,28)29/h4-10,12,18-19H,11,13-17H2,1-3H3,(H,25,27)/t18-,19+. The molecule has 1 fully saturated rings. The highest BCUT2D eigenvalue weighted by atomic mass is 32.2. The summed E-state index contributed by atoms with van der Waals surface area (Å²) < 4.78 is 22.9. The van der Waals surface area contributed by atoms with Crippen LogP contribution < -0.4 is 5.32 Å². The molecule has 1 N–H and O–H groups in total. The molecule has 1 saturated heterocycles. The van der Waals surface area contributed by atoms with Crippen LogP contribution in [0.4, 0.5) is 0 Å². The number of likely N-dealkylation sites (tertiary alicyclic amines) is 1. The van der Waals surface area contributed by atoms with Gasteiger partial charge in [0.05, 0.1) is 5.75 Å². The first-order chi connectivity index (χ1) is 14.2. The van der Waals surface area contributed by atoms with Gasteiger partial charge in [-0.1, -0.05) is 50.2 Å². The minimum atomic E-state index is -3.13. The SMILES string of the molecule is C[C@@H]1C[C@H](C)CN(Cc2ccc(CNC(=O)c3cccc(CS(C)(=O)=O)c3)cc2)C1. The molecule has 0 radical (unpaired) electrons. The van der Waals surface area contributed by atoms with E-state index in [-0.39, 0.29) is 11.7 Å². The van der Waals surface area contributed by atoms with Crippen LogP contribution in [0.25, 0.3) is 0 Å². The number of benzene rings is 2. The number of sulfone groups is 1. The number of rotatable bonds is 7. The van der Waals surface area contributed by atoms with Crippen LogP contribution in [0.3, 0.4) is 0 Å². The second-order valence-electron chi connectivity index (χ2n) is 8.91. The van der Waals surface area contributed by atoms with Crippen molar-refractivity contribution in [3.8, 4) is 0 Å². The first-order valence-corrected chi connectivity index (χ1v) is 12.6. The number of carbonyl (C=O) groups is 1. The van der Waals surface area contributed by atoms with Crippen LogP contribution in [-0.2, 0) is 28.7 Å². The van der Waals surface area contributed by atoms with E-state index in [4.69, 9.17) is 0 Å². The minimum absolute atomic E-state index is 0.0653. The maximum absolute atomic E-state index is 12.5. The van der Waals surface area contributed by atoms with Crippen LogP contribution in [-0.4, -0.2) is 38.6 Å². The number of piperidine rings is 1. The average Bonchev–Trinajstić information content (AvgIpc) is 2.65. The van der Waals surface area contributed by atoms with Crippen molar-refractivity contribution in [3.05, 3.63) is 70.8 Å². The summed E-state index contributed by atoms with van der Waals surface area (Å²) in [6, 6.07) is 15.2. The van der Waals surface area contributed by atoms with Crippen LogP contribution in [0.15, 0.2) is 48.5 Å². The molecule has 0 saturated carbocycles. The normalized spacial score (nSPS) is 20.1. The second kappa shape index (κ2) is 9.75. The van der Waals surface area contributed by atoms with Gasteiger partial charge in [-0.05, 0) is 47.1 Å². The van der Waals surface area contributed by atoms with Crippen LogP contribution in [0.1, 0.15) is 47.3 Å². The molecule has 2 aromatic carbocycles. The average molecular weight is 429 g/mol. The Morgan fingerprint density at radius 3 is 2.27 bits per heavy atom. The zero-order chi connectivity index (χ0) is 21.7. The van der Waals surface area contributed by atoms with Crippen molar-refractivity contribution in [2.45, 2.75) is 39.1 Å². The number of nitrogens with one attached hydrogen (secondary N) is 1. The van der Waals surface area contributed by atoms with E-state index in [2.05, 4.69) is 48.3 Å². The Kier molecular flexibility index (Phi) is 7.32. The molecule has 5 nitrogen and oxygen atoms in total. The van der Waals surface area contributed by atoms with Crippen LogP contribution in [0, 0.1) is 11.8 Å². The lowest BCUT2D eigenvalue weighted by molar-refractivity contribution is 0.0951. The van der Waals surface area contributed by atoms with Gasteiger partial charge in [-0.2, -0.15) is 0 Å². The Morgan fingerprint density at radius 1 is 1.00 bits per heavy atom. The summed E-state index contributed by atoms with van der Waals surface area (Å²) in [4.78, 5) is 15.0. The number of hydrogen-bond acceptors (Lipinski definition) is 4. The molecular formula is C24H32N2O3S. The quantitative estimate of drug-likeness (QED) is 0.731. The molecule has 162 valence electrons. The van der Waals surface area contributed by atoms with Gasteiger partial charge in [-0.15, -0.1) is 0 Å². The molecule has 0 unspecified atom stereocenters. The second-order valence-corrected chi connectivity index (χ2v) is 11.0. The topological polar surface area (TPSA) is 66.5 Å². The molecule has 0 bridgehead atoms. The van der Waals surface area contributed by atoms with Crippen molar-refractivity contribution in [2.24, 2.45) is 11.8 Å². The first-order valence-electron chi connectivity index (χ1n) is 10.5. The van der Waals surface area contributed by atoms with Gasteiger partial charge in [0.2, 0.25) is 0 Å². The van der Waals surface area contributed by atoms with Gasteiger partial charge in [0.25, 0.3) is 5.91 Å². The molecular weight excluding hydrogens is 396 g/mol. The van der Waals surface area contributed by atoms with E-state index in [1.165, 1.54) is 18.2 Å². The van der Waals surface area contributed by atoms with Gasteiger partial charge in [0, 0.05) is 38.0 Å². The van der Waals surface area contributed by atoms with E-state index < -0.39 is 9.84 Å². The van der Waals surface area contributed by atoms with E-state index in [0.29, 0.717) is 17.7 Å². The Morgan fingerprint density at radius 2 is 1.63 bits per heavy atom. The van der Waals surface area contributed by atoms with E-state index >= 15 is 0 Å². The van der Waals surface area contributed by atoms with Crippen molar-refractivity contribution in [3.63, 3.8) is 0 Å². The molecule has 0 aliphatic carbocycles. The van der Waals surface area contributed by atoms with Crippen molar-refractivity contribution in [2.75, 3.05) is 19.3 Å². The fourth-order valence-corrected chi connectivity index (χ4v) is 5.12. The molecule has 1 aliphatic heterocycles. The Balaban J connectivity index is 1.53. The van der Waals surface area contributed by atoms with Gasteiger partial charge in [0.15, 0.2) is 9.84 Å². The van der Waals surface area contributed by atoms with Crippen molar-refractivity contribution in [1.29, 1.82) is 0 Å². The molecule has 3 rings (SSSR count). The summed E-state index contributed by atoms with van der Waals surface area (Å²) in [6.45, 7) is 8.36. The third kappa shape index (κ3) is 6.96. The highest BCUT2D eigenvalue weighted by Gasteiger charge is 2.21. The fraction of sp³-hybridized carbons (Fsp3) is 0.458. The highest BCUT2D eigenvalue weighted by Crippen LogP contribution is 2.22. The third-order valence-corrected chi connectivity index (χ3v) is 6.30. The van der Waals surface area contributed by atoms with Crippen molar-refractivity contribution in [1.82, 2.24) is 10.2 Å². The molecule has 1 amide bonds. The van der Waals surface area contributed by atoms with E-state index in [0.717, 1.165) is 37.0 Å². The Bertz CT molecular complexity index is 960. The predicted octanol–water partition coefficient (Wildman–Crippen LogP) is 3.64. The predicted molar refractivity (Wildman–Crippen MR) is 121 cm³/mol. The Labute approximate surface area is 180 Å². The molecule has 1 aliphatic rings. The molecule has 30 heavy (non-hydrogen) atoms. The maximum Gasteiger partial charge on any atom is 0.251 e. The van der Waals surface area contributed by atoms with Gasteiger partial charge in [-0.3, -0.25) is 9.69 Å². The summed E-state index contributed by atoms with van der Waals surface area (Å²) in [5.74, 6) is 1.23. The van der Waals surface area contributed by atoms with Gasteiger partial charge < -0.3 is 5.32 Å². The largest absolute Gasteiger partial charge is 0.348 e. The van der Waals surface area contributed by atoms with Gasteiger partial charge >= 0.3 is 0 Å². The zero-order valence-electron chi connectivity index (χ0n) is 18.1. The van der Waals surface area contributed by atoms with E-state index in [9.17, 15) is 13.2 Å². The van der Waals surface area contributed by atoms with Crippen LogP contribution >= 0.6 is 0 Å². The summed E-state index contributed by atoms with van der Waals surface area (Å²) in [5, 5.41) is 2.92. The number of hydrogen-bond donors (Lipinski definition) is 1. The van der Waals surface area contributed by atoms with Gasteiger partial charge in [0.1, 0.15) is 0 Å². The number of carbonyl (C=O) groups excluding carboxylic acids is 1. The maximum atomic E-state index is 12.5. The summed E-state index contributed by atoms with van der Waals surface area (Å²) in [7, 11) is -3.13. The van der Waals surface area contributed by atoms with Crippen LogP contribution in [0.5, 0.6) is 0 Å². The fourth-order valence-electron chi connectivity index (χ4n) is 4.33. The molecule has 6 heteroatoms. The smallest absolute Gasteiger partial charge is 0.251 e. The molecule has 0 spiro atoms. The van der Waals surface area contributed by atoms with Crippen LogP contribution in [0.2, 0.25) is 0 Å². The number of nitrogens with zero attached hydrogens (tertiary/aromatic N) is 1. The monoisotopic (exact) mass is 428 g/mol. The first kappa shape index (κ1) is 22.5. The van der Waals surface area contributed by atoms with Crippen molar-refractivity contribution < 1.29 is 13.2 Å². The number of amides is 1. The van der Waals surface area contributed by atoms with E-state index in [1.807, 2.05) is 0 Å². The zero-order valence-corrected chi connectivity index (χ0v) is 18.9. The molecule has 2 aromatic rings. The van der Waals surface area contributed by atoms with Gasteiger partial charge in [-0.25, -0.2) is 8.42 Å². The molecule has 2 atom stereocenters. The van der Waals surface area contributed by atoms with E-state index in [1.54, 1.807) is 24.3 Å². The Hall–Kier alpha value is -2.18. The molecule has 0 aromatic heterocycles. The lowest BCUT2D eigenvalue weighted by Crippen LogP contribution is -2.38. The highest BCUT2D eigenvalue weighted by molar-refractivity contribution is 7.89. The third-order valence-electron chi connectivity index (χ3n) is 5.44.